The number of fused-ring (bicyclic) bond motifs is 1. The summed E-state index contributed by atoms with van der Waals surface area (Å²) in [7, 11) is 2.12. The summed E-state index contributed by atoms with van der Waals surface area (Å²) in [5.74, 6) is 0.650. The van der Waals surface area contributed by atoms with Gasteiger partial charge in [-0.25, -0.2) is 4.98 Å². The second-order valence-electron chi connectivity index (χ2n) is 7.34. The number of halogens is 2. The highest BCUT2D eigenvalue weighted by atomic mass is 79.9. The first kappa shape index (κ1) is 20.1. The maximum absolute atomic E-state index is 12.9. The molecule has 0 aliphatic carbocycles. The highest BCUT2D eigenvalue weighted by Crippen LogP contribution is 2.25. The van der Waals surface area contributed by atoms with Crippen LogP contribution in [0.3, 0.4) is 0 Å². The molecule has 0 bridgehead atoms. The number of amides is 1. The van der Waals surface area contributed by atoms with Crippen LogP contribution in [0.15, 0.2) is 41.0 Å². The molecule has 29 heavy (non-hydrogen) atoms. The zero-order valence-corrected chi connectivity index (χ0v) is 18.6. The van der Waals surface area contributed by atoms with Gasteiger partial charge in [-0.05, 0) is 47.6 Å². The molecule has 1 aliphatic rings. The van der Waals surface area contributed by atoms with Gasteiger partial charge in [0, 0.05) is 43.3 Å². The molecule has 0 unspecified atom stereocenters. The Hall–Kier alpha value is -2.16. The SMILES string of the molecule is C[C@@H]1CN(C)CCN1c1cc(C(=O)NCc2ccc(Cl)cc2)nc2c(Br)cnn12. The average molecular weight is 478 g/mol. The Balaban J connectivity index is 1.63. The lowest BCUT2D eigenvalue weighted by atomic mass is 10.2. The lowest BCUT2D eigenvalue weighted by Gasteiger charge is -2.39. The molecule has 0 spiro atoms. The topological polar surface area (TPSA) is 65.8 Å². The minimum Gasteiger partial charge on any atom is -0.351 e. The fourth-order valence-electron chi connectivity index (χ4n) is 3.60. The van der Waals surface area contributed by atoms with Crippen molar-refractivity contribution in [2.24, 2.45) is 0 Å². The van der Waals surface area contributed by atoms with Gasteiger partial charge in [0.05, 0.1) is 10.7 Å². The van der Waals surface area contributed by atoms with Gasteiger partial charge in [0.15, 0.2) is 5.65 Å². The highest BCUT2D eigenvalue weighted by Gasteiger charge is 2.26. The number of nitrogens with zero attached hydrogens (tertiary/aromatic N) is 5. The van der Waals surface area contributed by atoms with Crippen molar-refractivity contribution < 1.29 is 4.79 Å². The predicted molar refractivity (Wildman–Crippen MR) is 118 cm³/mol. The summed E-state index contributed by atoms with van der Waals surface area (Å²) in [5, 5.41) is 8.07. The summed E-state index contributed by atoms with van der Waals surface area (Å²) in [6.45, 7) is 5.35. The van der Waals surface area contributed by atoms with Crippen molar-refractivity contribution in [3.8, 4) is 0 Å². The van der Waals surface area contributed by atoms with Gasteiger partial charge in [0.25, 0.3) is 5.91 Å². The van der Waals surface area contributed by atoms with E-state index in [-0.39, 0.29) is 5.91 Å². The van der Waals surface area contributed by atoms with Gasteiger partial charge in [-0.15, -0.1) is 0 Å². The summed E-state index contributed by atoms with van der Waals surface area (Å²) in [5.41, 5.74) is 1.97. The standard InChI is InChI=1S/C20H22BrClN6O/c1-13-12-26(2)7-8-27(13)18-9-17(25-19-16(21)11-24-28(18)19)20(29)23-10-14-3-5-15(22)6-4-14/h3-6,9,11,13H,7-8,10,12H2,1-2H3,(H,23,29)/t13-/m1/s1. The Bertz CT molecular complexity index is 1040. The fraction of sp³-hybridized carbons (Fsp3) is 0.350. The Labute approximate surface area is 182 Å². The molecule has 9 heteroatoms. The molecule has 1 aromatic carbocycles. The van der Waals surface area contributed by atoms with E-state index in [1.165, 1.54) is 0 Å². The summed E-state index contributed by atoms with van der Waals surface area (Å²) in [6, 6.07) is 9.53. The van der Waals surface area contributed by atoms with Crippen molar-refractivity contribution in [3.63, 3.8) is 0 Å². The van der Waals surface area contributed by atoms with Crippen LogP contribution in [-0.4, -0.2) is 58.1 Å². The van der Waals surface area contributed by atoms with Crippen LogP contribution in [0.25, 0.3) is 5.65 Å². The molecule has 3 heterocycles. The zero-order valence-electron chi connectivity index (χ0n) is 16.3. The average Bonchev–Trinajstić information content (AvgIpc) is 3.08. The van der Waals surface area contributed by atoms with Gasteiger partial charge >= 0.3 is 0 Å². The van der Waals surface area contributed by atoms with Gasteiger partial charge in [-0.2, -0.15) is 9.61 Å². The van der Waals surface area contributed by atoms with Crippen molar-refractivity contribution in [3.05, 3.63) is 57.3 Å². The lowest BCUT2D eigenvalue weighted by Crippen LogP contribution is -2.51. The highest BCUT2D eigenvalue weighted by molar-refractivity contribution is 9.10. The van der Waals surface area contributed by atoms with Crippen LogP contribution in [0.5, 0.6) is 0 Å². The summed E-state index contributed by atoms with van der Waals surface area (Å²) in [6.07, 6.45) is 1.71. The van der Waals surface area contributed by atoms with Crippen molar-refractivity contribution >= 4 is 44.9 Å². The molecule has 1 aliphatic heterocycles. The second-order valence-corrected chi connectivity index (χ2v) is 8.63. The van der Waals surface area contributed by atoms with Crippen LogP contribution in [0.2, 0.25) is 5.02 Å². The predicted octanol–water partition coefficient (Wildman–Crippen LogP) is 3.22. The normalized spacial score (nSPS) is 17.7. The molecule has 2 aromatic heterocycles. The maximum Gasteiger partial charge on any atom is 0.270 e. The molecular weight excluding hydrogens is 456 g/mol. The smallest absolute Gasteiger partial charge is 0.270 e. The third-order valence-corrected chi connectivity index (χ3v) is 5.95. The molecule has 1 atom stereocenters. The number of aromatic nitrogens is 3. The number of anilines is 1. The first-order valence-electron chi connectivity index (χ1n) is 9.44. The minimum absolute atomic E-state index is 0.224. The van der Waals surface area contributed by atoms with E-state index >= 15 is 0 Å². The Morgan fingerprint density at radius 3 is 2.79 bits per heavy atom. The van der Waals surface area contributed by atoms with Gasteiger partial charge in [0.1, 0.15) is 11.5 Å². The van der Waals surface area contributed by atoms with E-state index < -0.39 is 0 Å². The molecule has 7 nitrogen and oxygen atoms in total. The largest absolute Gasteiger partial charge is 0.351 e. The van der Waals surface area contributed by atoms with Crippen LogP contribution in [0.1, 0.15) is 23.0 Å². The van der Waals surface area contributed by atoms with Gasteiger partial charge in [0.2, 0.25) is 0 Å². The van der Waals surface area contributed by atoms with E-state index in [9.17, 15) is 4.79 Å². The van der Waals surface area contributed by atoms with Crippen LogP contribution in [-0.2, 0) is 6.54 Å². The van der Waals surface area contributed by atoms with Crippen LogP contribution < -0.4 is 10.2 Å². The molecule has 0 saturated carbocycles. The Kier molecular flexibility index (Phi) is 5.76. The minimum atomic E-state index is -0.224. The second kappa shape index (κ2) is 8.30. The van der Waals surface area contributed by atoms with Crippen LogP contribution in [0.4, 0.5) is 5.82 Å². The molecule has 4 rings (SSSR count). The van der Waals surface area contributed by atoms with Crippen LogP contribution in [0, 0.1) is 0 Å². The van der Waals surface area contributed by atoms with Gasteiger partial charge < -0.3 is 15.1 Å². The van der Waals surface area contributed by atoms with Crippen molar-refractivity contribution in [2.75, 3.05) is 31.6 Å². The molecule has 1 amide bonds. The van der Waals surface area contributed by atoms with Crippen LogP contribution >= 0.6 is 27.5 Å². The number of hydrogen-bond donors (Lipinski definition) is 1. The van der Waals surface area contributed by atoms with E-state index in [2.05, 4.69) is 55.1 Å². The number of piperazine rings is 1. The quantitative estimate of drug-likeness (QED) is 0.625. The number of rotatable bonds is 4. The Morgan fingerprint density at radius 1 is 1.31 bits per heavy atom. The van der Waals surface area contributed by atoms with E-state index in [0.717, 1.165) is 35.5 Å². The molecular formula is C20H22BrClN6O. The van der Waals surface area contributed by atoms with Gasteiger partial charge in [-0.1, -0.05) is 23.7 Å². The van der Waals surface area contributed by atoms with Gasteiger partial charge in [-0.3, -0.25) is 4.79 Å². The third kappa shape index (κ3) is 4.24. The number of likely N-dealkylation sites (N-methyl/N-ethyl adjacent to an activating group) is 1. The fourth-order valence-corrected chi connectivity index (χ4v) is 4.07. The summed E-state index contributed by atoms with van der Waals surface area (Å²) in [4.78, 5) is 22.0. The van der Waals surface area contributed by atoms with E-state index in [4.69, 9.17) is 11.6 Å². The van der Waals surface area contributed by atoms with E-state index in [1.54, 1.807) is 10.7 Å². The molecule has 3 aromatic rings. The third-order valence-electron chi connectivity index (χ3n) is 5.13. The summed E-state index contributed by atoms with van der Waals surface area (Å²) < 4.78 is 2.55. The number of carbonyl (C=O) groups is 1. The van der Waals surface area contributed by atoms with E-state index in [0.29, 0.717) is 29.0 Å². The molecule has 152 valence electrons. The maximum atomic E-state index is 12.9. The molecule has 1 saturated heterocycles. The number of nitrogens with one attached hydrogen (secondary N) is 1. The Morgan fingerprint density at radius 2 is 2.07 bits per heavy atom. The molecule has 1 fully saturated rings. The first-order chi connectivity index (χ1) is 13.9. The summed E-state index contributed by atoms with van der Waals surface area (Å²) >= 11 is 9.42. The lowest BCUT2D eigenvalue weighted by molar-refractivity contribution is 0.0946. The van der Waals surface area contributed by atoms with E-state index in [1.807, 2.05) is 30.3 Å². The van der Waals surface area contributed by atoms with Crippen molar-refractivity contribution in [2.45, 2.75) is 19.5 Å². The van der Waals surface area contributed by atoms with Crippen molar-refractivity contribution in [1.82, 2.24) is 24.8 Å². The molecule has 1 N–H and O–H groups in total. The zero-order chi connectivity index (χ0) is 20.5. The number of benzene rings is 1. The number of carbonyl (C=O) groups excluding carboxylic acids is 1. The first-order valence-corrected chi connectivity index (χ1v) is 10.6. The monoisotopic (exact) mass is 476 g/mol. The molecule has 0 radical (unpaired) electrons. The van der Waals surface area contributed by atoms with Crippen molar-refractivity contribution in [1.29, 1.82) is 0 Å². The number of hydrogen-bond acceptors (Lipinski definition) is 5.